The lowest BCUT2D eigenvalue weighted by Crippen LogP contribution is -2.08. The van der Waals surface area contributed by atoms with Crippen molar-refractivity contribution in [3.63, 3.8) is 0 Å². The summed E-state index contributed by atoms with van der Waals surface area (Å²) in [6, 6.07) is 24.5. The topological polar surface area (TPSA) is 116 Å². The first-order valence-electron chi connectivity index (χ1n) is 15.6. The van der Waals surface area contributed by atoms with Crippen molar-refractivity contribution in [1.29, 1.82) is 0 Å². The van der Waals surface area contributed by atoms with E-state index >= 15 is 0 Å². The van der Waals surface area contributed by atoms with Crippen LogP contribution >= 0.6 is 34.3 Å². The van der Waals surface area contributed by atoms with Gasteiger partial charge in [0.1, 0.15) is 20.6 Å². The maximum Gasteiger partial charge on any atom is 0.337 e. The summed E-state index contributed by atoms with van der Waals surface area (Å²) in [7, 11) is 2.73. The molecule has 0 spiro atoms. The van der Waals surface area contributed by atoms with E-state index in [9.17, 15) is 9.59 Å². The predicted molar refractivity (Wildman–Crippen MR) is 202 cm³/mol. The summed E-state index contributed by atoms with van der Waals surface area (Å²) in [4.78, 5) is 43.3. The van der Waals surface area contributed by atoms with Crippen LogP contribution in [0.4, 0.5) is 5.82 Å². The number of hydrogen-bond donors (Lipinski definition) is 1. The number of fused-ring (bicyclic) bond motifs is 2. The second-order valence-electron chi connectivity index (χ2n) is 11.2. The summed E-state index contributed by atoms with van der Waals surface area (Å²) in [5.41, 5.74) is 6.18. The van der Waals surface area contributed by atoms with Crippen LogP contribution in [0.5, 0.6) is 0 Å². The van der Waals surface area contributed by atoms with Gasteiger partial charge in [-0.2, -0.15) is 0 Å². The van der Waals surface area contributed by atoms with Crippen LogP contribution in [0.2, 0.25) is 5.15 Å². The lowest BCUT2D eigenvalue weighted by Gasteiger charge is -2.10. The Bertz CT molecular complexity index is 2290. The third kappa shape index (κ3) is 7.65. The van der Waals surface area contributed by atoms with Crippen molar-refractivity contribution in [2.45, 2.75) is 20.3 Å². The van der Waals surface area contributed by atoms with Crippen molar-refractivity contribution >= 4 is 72.5 Å². The molecule has 0 radical (unpaired) electrons. The molecule has 12 heteroatoms. The second kappa shape index (κ2) is 15.5. The van der Waals surface area contributed by atoms with Gasteiger partial charge in [-0.3, -0.25) is 0 Å². The normalized spacial score (nSPS) is 10.8. The van der Waals surface area contributed by atoms with Crippen LogP contribution < -0.4 is 5.32 Å². The van der Waals surface area contributed by atoms with Crippen molar-refractivity contribution in [3.05, 3.63) is 123 Å². The minimum Gasteiger partial charge on any atom is -0.465 e. The molecular weight excluding hydrogens is 690 g/mol. The summed E-state index contributed by atoms with van der Waals surface area (Å²) < 4.78 is 9.44. The lowest BCUT2D eigenvalue weighted by atomic mass is 10.1. The van der Waals surface area contributed by atoms with E-state index in [-0.39, 0.29) is 11.9 Å². The summed E-state index contributed by atoms with van der Waals surface area (Å²) in [6.07, 6.45) is 0.915. The number of hydrogen-bond acceptors (Lipinski definition) is 11. The van der Waals surface area contributed by atoms with Gasteiger partial charge < -0.3 is 14.8 Å². The quantitative estimate of drug-likeness (QED) is 0.121. The van der Waals surface area contributed by atoms with Gasteiger partial charge in [-0.25, -0.2) is 29.5 Å². The molecule has 0 unspecified atom stereocenters. The predicted octanol–water partition coefficient (Wildman–Crippen LogP) is 9.21. The summed E-state index contributed by atoms with van der Waals surface area (Å²) in [5, 5.41) is 10.0. The van der Waals surface area contributed by atoms with Crippen molar-refractivity contribution in [1.82, 2.24) is 19.9 Å². The first-order valence-corrected chi connectivity index (χ1v) is 17.7. The lowest BCUT2D eigenvalue weighted by molar-refractivity contribution is 0.0592. The van der Waals surface area contributed by atoms with E-state index in [0.717, 1.165) is 55.9 Å². The number of benzene rings is 3. The first-order chi connectivity index (χ1) is 24.2. The molecule has 4 aromatic heterocycles. The zero-order valence-electron chi connectivity index (χ0n) is 27.7. The Morgan fingerprint density at radius 1 is 0.680 bits per heavy atom. The molecule has 1 N–H and O–H groups in total. The third-order valence-corrected chi connectivity index (χ3v) is 10.1. The highest BCUT2D eigenvalue weighted by atomic mass is 35.5. The molecule has 9 nitrogen and oxygen atoms in total. The largest absolute Gasteiger partial charge is 0.465 e. The van der Waals surface area contributed by atoms with Crippen LogP contribution in [0.1, 0.15) is 37.4 Å². The maximum atomic E-state index is 11.7. The van der Waals surface area contributed by atoms with Crippen molar-refractivity contribution < 1.29 is 19.1 Å². The molecule has 0 amide bonds. The number of thiophene rings is 2. The van der Waals surface area contributed by atoms with Crippen LogP contribution in [-0.4, -0.2) is 52.6 Å². The van der Waals surface area contributed by atoms with Gasteiger partial charge in [-0.15, -0.1) is 22.7 Å². The first kappa shape index (κ1) is 34.6. The van der Waals surface area contributed by atoms with Gasteiger partial charge in [-0.1, -0.05) is 66.2 Å². The fraction of sp³-hybridized carbons (Fsp3) is 0.158. The number of nitrogens with one attached hydrogen (secondary N) is 1. The summed E-state index contributed by atoms with van der Waals surface area (Å²) in [5.74, 6) is 1.30. The molecule has 0 fully saturated rings. The van der Waals surface area contributed by atoms with Gasteiger partial charge in [0, 0.05) is 17.7 Å². The highest BCUT2D eigenvalue weighted by Crippen LogP contribution is 2.33. The molecule has 50 heavy (non-hydrogen) atoms. The van der Waals surface area contributed by atoms with Gasteiger partial charge in [0.05, 0.1) is 36.1 Å². The van der Waals surface area contributed by atoms with Crippen LogP contribution in [-0.2, 0) is 15.9 Å². The van der Waals surface area contributed by atoms with Gasteiger partial charge in [0.15, 0.2) is 11.6 Å². The zero-order valence-corrected chi connectivity index (χ0v) is 30.1. The van der Waals surface area contributed by atoms with E-state index in [1.54, 1.807) is 47.7 Å². The molecule has 7 rings (SSSR count). The highest BCUT2D eigenvalue weighted by Gasteiger charge is 2.15. The Hall–Kier alpha value is -5.23. The number of rotatable bonds is 8. The Morgan fingerprint density at radius 2 is 1.18 bits per heavy atom. The van der Waals surface area contributed by atoms with E-state index in [2.05, 4.69) is 56.6 Å². The molecule has 4 heterocycles. The highest BCUT2D eigenvalue weighted by molar-refractivity contribution is 7.17. The fourth-order valence-corrected chi connectivity index (χ4v) is 7.44. The molecular formula is C38H32ClN5O4S2. The smallest absolute Gasteiger partial charge is 0.337 e. The molecule has 0 bridgehead atoms. The molecule has 3 aromatic carbocycles. The Balaban J connectivity index is 0.000000182. The van der Waals surface area contributed by atoms with E-state index in [0.29, 0.717) is 27.9 Å². The van der Waals surface area contributed by atoms with Crippen LogP contribution in [0.25, 0.3) is 43.2 Å². The monoisotopic (exact) mass is 721 g/mol. The molecule has 0 aliphatic heterocycles. The fourth-order valence-electron chi connectivity index (χ4n) is 5.22. The van der Waals surface area contributed by atoms with Crippen LogP contribution in [0.3, 0.4) is 0 Å². The number of methoxy groups -OCH3 is 2. The number of aryl methyl sites for hydroxylation is 2. The summed E-state index contributed by atoms with van der Waals surface area (Å²) in [6.45, 7) is 4.85. The standard InChI is InChI=1S/C23H21N3O2S.C15H11ClN2O2S/c1-15-14-29-22-19(15)21(24-13-12-16-6-4-3-5-7-16)25-20(26-22)17-8-10-18(11-9-17)23(27)28-2;1-8-7-21-14-11(8)12(16)17-13(18-14)9-3-5-10(6-4-9)15(19)20-2/h3-11,14H,12-13H2,1-2H3,(H,24,25,26);3-7H,1-2H3. The van der Waals surface area contributed by atoms with E-state index in [1.807, 2.05) is 30.5 Å². The number of nitrogens with zero attached hydrogens (tertiary/aromatic N) is 4. The van der Waals surface area contributed by atoms with Gasteiger partial charge in [-0.05, 0) is 72.0 Å². The number of aromatic nitrogens is 4. The van der Waals surface area contributed by atoms with Crippen molar-refractivity contribution in [2.75, 3.05) is 26.1 Å². The average molecular weight is 722 g/mol. The zero-order chi connectivity index (χ0) is 35.2. The van der Waals surface area contributed by atoms with E-state index in [4.69, 9.17) is 26.3 Å². The van der Waals surface area contributed by atoms with Crippen molar-refractivity contribution in [2.24, 2.45) is 0 Å². The molecule has 0 aliphatic carbocycles. The number of halogens is 1. The number of esters is 2. The minimum atomic E-state index is -0.371. The Labute approximate surface area is 302 Å². The molecule has 0 aliphatic rings. The Morgan fingerprint density at radius 3 is 1.72 bits per heavy atom. The van der Waals surface area contributed by atoms with E-state index in [1.165, 1.54) is 36.7 Å². The average Bonchev–Trinajstić information content (AvgIpc) is 3.73. The van der Waals surface area contributed by atoms with Gasteiger partial charge in [0.25, 0.3) is 0 Å². The maximum absolute atomic E-state index is 11.7. The van der Waals surface area contributed by atoms with Crippen molar-refractivity contribution in [3.8, 4) is 22.8 Å². The molecule has 7 aromatic rings. The van der Waals surface area contributed by atoms with Crippen LogP contribution in [0, 0.1) is 13.8 Å². The SMILES string of the molecule is COC(=O)c1ccc(-c2nc(Cl)c3c(C)csc3n2)cc1.COC(=O)c1ccc(-c2nc(NCCc3ccccc3)c3c(C)csc3n2)cc1. The molecule has 0 saturated carbocycles. The number of ether oxygens (including phenoxy) is 2. The third-order valence-electron chi connectivity index (χ3n) is 7.87. The van der Waals surface area contributed by atoms with E-state index < -0.39 is 0 Å². The molecule has 252 valence electrons. The molecule has 0 saturated heterocycles. The van der Waals surface area contributed by atoms with Crippen LogP contribution in [0.15, 0.2) is 89.6 Å². The van der Waals surface area contributed by atoms with Gasteiger partial charge in [0.2, 0.25) is 0 Å². The van der Waals surface area contributed by atoms with Gasteiger partial charge >= 0.3 is 11.9 Å². The Kier molecular flexibility index (Phi) is 10.8. The molecule has 0 atom stereocenters. The summed E-state index contributed by atoms with van der Waals surface area (Å²) >= 11 is 9.40. The number of carbonyl (C=O) groups is 2. The number of carbonyl (C=O) groups excluding carboxylic acids is 2. The minimum absolute atomic E-state index is 0.356. The second-order valence-corrected chi connectivity index (χ2v) is 13.3. The number of anilines is 1.